The molecule has 3 nitrogen and oxygen atoms in total. The summed E-state index contributed by atoms with van der Waals surface area (Å²) in [4.78, 5) is 0. The van der Waals surface area contributed by atoms with Gasteiger partial charge in [0.25, 0.3) is 0 Å². The van der Waals surface area contributed by atoms with Gasteiger partial charge < -0.3 is 5.11 Å². The second kappa shape index (κ2) is 6.92. The molecule has 0 bridgehead atoms. The van der Waals surface area contributed by atoms with E-state index in [1.54, 1.807) is 0 Å². The summed E-state index contributed by atoms with van der Waals surface area (Å²) in [5.74, 6) is 0. The molecule has 1 aromatic carbocycles. The molecule has 2 aromatic rings. The van der Waals surface area contributed by atoms with Gasteiger partial charge in [0, 0.05) is 16.2 Å². The van der Waals surface area contributed by atoms with Crippen LogP contribution in [0.4, 0.5) is 0 Å². The molecular weight excluding hydrogens is 375 g/mol. The van der Waals surface area contributed by atoms with E-state index >= 15 is 0 Å². The van der Waals surface area contributed by atoms with Crippen molar-refractivity contribution in [1.29, 1.82) is 0 Å². The Morgan fingerprint density at radius 3 is 2.81 bits per heavy atom. The van der Waals surface area contributed by atoms with E-state index < -0.39 is 6.10 Å². The summed E-state index contributed by atoms with van der Waals surface area (Å²) in [6.07, 6.45) is 8.63. The van der Waals surface area contributed by atoms with Crippen LogP contribution in [0.5, 0.6) is 0 Å². The largest absolute Gasteiger partial charge is 0.388 e. The maximum absolute atomic E-state index is 10.4. The van der Waals surface area contributed by atoms with Crippen LogP contribution in [0.15, 0.2) is 36.5 Å². The van der Waals surface area contributed by atoms with Crippen molar-refractivity contribution in [3.8, 4) is 0 Å². The number of aliphatic hydroxyl groups excluding tert-OH is 1. The van der Waals surface area contributed by atoms with Gasteiger partial charge in [-0.1, -0.05) is 31.4 Å². The van der Waals surface area contributed by atoms with Crippen molar-refractivity contribution in [2.24, 2.45) is 0 Å². The topological polar surface area (TPSA) is 38.0 Å². The fourth-order valence-corrected chi connectivity index (χ4v) is 3.63. The highest BCUT2D eigenvalue weighted by Crippen LogP contribution is 2.28. The van der Waals surface area contributed by atoms with Crippen LogP contribution in [0.3, 0.4) is 0 Å². The fraction of sp³-hybridized carbons (Fsp3) is 0.471. The number of nitrogens with zero attached hydrogens (tertiary/aromatic N) is 2. The summed E-state index contributed by atoms with van der Waals surface area (Å²) in [6.45, 7) is 0. The van der Waals surface area contributed by atoms with Crippen molar-refractivity contribution < 1.29 is 5.11 Å². The van der Waals surface area contributed by atoms with Gasteiger partial charge in [-0.2, -0.15) is 5.10 Å². The van der Waals surface area contributed by atoms with Gasteiger partial charge in [-0.25, -0.2) is 0 Å². The molecule has 1 N–H and O–H groups in total. The van der Waals surface area contributed by atoms with E-state index in [1.807, 2.05) is 30.3 Å². The lowest BCUT2D eigenvalue weighted by Crippen LogP contribution is -2.13. The second-order valence-corrected chi connectivity index (χ2v) is 7.10. The molecule has 1 atom stereocenters. The van der Waals surface area contributed by atoms with Gasteiger partial charge in [0.15, 0.2) is 0 Å². The predicted octanol–water partition coefficient (Wildman–Crippen LogP) is 4.27. The summed E-state index contributed by atoms with van der Waals surface area (Å²) in [5.41, 5.74) is 1.95. The van der Waals surface area contributed by atoms with Crippen LogP contribution in [-0.4, -0.2) is 14.9 Å². The molecule has 1 unspecified atom stereocenters. The van der Waals surface area contributed by atoms with Gasteiger partial charge in [0.05, 0.1) is 17.8 Å². The first-order valence-corrected chi connectivity index (χ1v) is 8.78. The predicted molar refractivity (Wildman–Crippen MR) is 92.2 cm³/mol. The second-order valence-electron chi connectivity index (χ2n) is 5.85. The lowest BCUT2D eigenvalue weighted by molar-refractivity contribution is 0.176. The van der Waals surface area contributed by atoms with Gasteiger partial charge in [-0.3, -0.25) is 4.68 Å². The van der Waals surface area contributed by atoms with E-state index in [1.165, 1.54) is 32.1 Å². The van der Waals surface area contributed by atoms with Crippen molar-refractivity contribution in [2.75, 3.05) is 0 Å². The molecule has 0 aliphatic heterocycles. The highest BCUT2D eigenvalue weighted by molar-refractivity contribution is 14.1. The zero-order valence-electron chi connectivity index (χ0n) is 12.1. The lowest BCUT2D eigenvalue weighted by atomic mass is 9.96. The van der Waals surface area contributed by atoms with Crippen molar-refractivity contribution in [3.63, 3.8) is 0 Å². The van der Waals surface area contributed by atoms with Crippen molar-refractivity contribution in [3.05, 3.63) is 51.4 Å². The summed E-state index contributed by atoms with van der Waals surface area (Å²) >= 11 is 2.27. The van der Waals surface area contributed by atoms with Crippen LogP contribution in [0, 0.1) is 3.57 Å². The van der Waals surface area contributed by atoms with Crippen LogP contribution < -0.4 is 0 Å². The standard InChI is InChI=1S/C17H21IN2O/c18-14-6-4-5-13(11-14)17(21)12-15-9-10-20(19-15)16-7-2-1-3-8-16/h4-6,9-11,16-17,21H,1-3,7-8,12H2. The first kappa shape index (κ1) is 15.0. The molecule has 0 radical (unpaired) electrons. The average molecular weight is 396 g/mol. The third-order valence-electron chi connectivity index (χ3n) is 4.25. The first-order valence-electron chi connectivity index (χ1n) is 7.70. The molecule has 1 aromatic heterocycles. The van der Waals surface area contributed by atoms with E-state index in [4.69, 9.17) is 0 Å². The number of rotatable bonds is 4. The lowest BCUT2D eigenvalue weighted by Gasteiger charge is -2.21. The van der Waals surface area contributed by atoms with E-state index in [9.17, 15) is 5.11 Å². The molecule has 0 amide bonds. The molecule has 0 saturated heterocycles. The summed E-state index contributed by atoms with van der Waals surface area (Å²) in [6, 6.07) is 10.6. The molecule has 21 heavy (non-hydrogen) atoms. The van der Waals surface area contributed by atoms with Gasteiger partial charge >= 0.3 is 0 Å². The molecule has 0 spiro atoms. The fourth-order valence-electron chi connectivity index (χ4n) is 3.07. The molecule has 1 heterocycles. The monoisotopic (exact) mass is 396 g/mol. The van der Waals surface area contributed by atoms with Crippen LogP contribution in [-0.2, 0) is 6.42 Å². The van der Waals surface area contributed by atoms with Crippen LogP contribution in [0.1, 0.15) is 55.5 Å². The van der Waals surface area contributed by atoms with Gasteiger partial charge in [0.2, 0.25) is 0 Å². The van der Waals surface area contributed by atoms with Crippen LogP contribution in [0.2, 0.25) is 0 Å². The zero-order chi connectivity index (χ0) is 14.7. The number of benzene rings is 1. The Hall–Kier alpha value is -0.880. The van der Waals surface area contributed by atoms with Crippen molar-refractivity contribution >= 4 is 22.6 Å². The Morgan fingerprint density at radius 1 is 1.24 bits per heavy atom. The number of aliphatic hydroxyl groups is 1. The highest BCUT2D eigenvalue weighted by Gasteiger charge is 2.17. The Balaban J connectivity index is 1.66. The number of hydrogen-bond donors (Lipinski definition) is 1. The average Bonchev–Trinajstić information content (AvgIpc) is 2.97. The third-order valence-corrected chi connectivity index (χ3v) is 4.92. The molecule has 1 aliphatic rings. The van der Waals surface area contributed by atoms with E-state index in [2.05, 4.69) is 38.6 Å². The quantitative estimate of drug-likeness (QED) is 0.784. The summed E-state index contributed by atoms with van der Waals surface area (Å²) in [5, 5.41) is 15.0. The molecule has 4 heteroatoms. The van der Waals surface area contributed by atoms with E-state index in [-0.39, 0.29) is 0 Å². The Kier molecular flexibility index (Phi) is 4.95. The normalized spacial score (nSPS) is 17.8. The van der Waals surface area contributed by atoms with E-state index in [0.29, 0.717) is 12.5 Å². The van der Waals surface area contributed by atoms with Crippen LogP contribution >= 0.6 is 22.6 Å². The Morgan fingerprint density at radius 2 is 2.05 bits per heavy atom. The minimum Gasteiger partial charge on any atom is -0.388 e. The molecule has 1 fully saturated rings. The number of aromatic nitrogens is 2. The number of halogens is 1. The minimum atomic E-state index is -0.477. The maximum atomic E-state index is 10.4. The Labute approximate surface area is 139 Å². The minimum absolute atomic E-state index is 0.477. The van der Waals surface area contributed by atoms with Gasteiger partial charge in [-0.15, -0.1) is 0 Å². The molecule has 3 rings (SSSR count). The highest BCUT2D eigenvalue weighted by atomic mass is 127. The smallest absolute Gasteiger partial charge is 0.0846 e. The van der Waals surface area contributed by atoms with Crippen LogP contribution in [0.25, 0.3) is 0 Å². The molecular formula is C17H21IN2O. The molecule has 1 aliphatic carbocycles. The van der Waals surface area contributed by atoms with Crippen molar-refractivity contribution in [1.82, 2.24) is 9.78 Å². The molecule has 112 valence electrons. The summed E-state index contributed by atoms with van der Waals surface area (Å²) in [7, 11) is 0. The Bertz CT molecular complexity index is 590. The van der Waals surface area contributed by atoms with Crippen molar-refractivity contribution in [2.45, 2.75) is 50.7 Å². The van der Waals surface area contributed by atoms with Gasteiger partial charge in [-0.05, 0) is 59.2 Å². The first-order chi connectivity index (χ1) is 10.2. The zero-order valence-corrected chi connectivity index (χ0v) is 14.2. The van der Waals surface area contributed by atoms with E-state index in [0.717, 1.165) is 14.8 Å². The summed E-state index contributed by atoms with van der Waals surface area (Å²) < 4.78 is 3.26. The SMILES string of the molecule is OC(Cc1ccn(C2CCCCC2)n1)c1cccc(I)c1. The third kappa shape index (κ3) is 3.86. The number of hydrogen-bond acceptors (Lipinski definition) is 2. The molecule has 1 saturated carbocycles. The maximum Gasteiger partial charge on any atom is 0.0846 e. The van der Waals surface area contributed by atoms with Gasteiger partial charge in [0.1, 0.15) is 0 Å².